The van der Waals surface area contributed by atoms with E-state index in [1.54, 1.807) is 4.90 Å². The van der Waals surface area contributed by atoms with E-state index in [-0.39, 0.29) is 17.1 Å². The quantitative estimate of drug-likeness (QED) is 0.809. The molecule has 0 unspecified atom stereocenters. The molecule has 2 aliphatic rings. The third-order valence-corrected chi connectivity index (χ3v) is 6.12. The average Bonchev–Trinajstić information content (AvgIpc) is 2.95. The molecule has 1 N–H and O–H groups in total. The number of amides is 2. The Balaban J connectivity index is 1.96. The molecule has 116 valence electrons. The van der Waals surface area contributed by atoms with Crippen LogP contribution in [0.15, 0.2) is 53.0 Å². The molecule has 4 rings (SSSR count). The number of para-hydroxylation sites is 1. The molecule has 2 aromatic rings. The Hall–Kier alpha value is -1.79. The summed E-state index contributed by atoms with van der Waals surface area (Å²) in [5.41, 5.74) is 2.33. The topological polar surface area (TPSA) is 49.4 Å². The highest BCUT2D eigenvalue weighted by Gasteiger charge is 2.60. The second-order valence-electron chi connectivity index (χ2n) is 5.56. The Morgan fingerprint density at radius 2 is 1.96 bits per heavy atom. The molecule has 2 amide bonds. The predicted octanol–water partition coefficient (Wildman–Crippen LogP) is 3.72. The van der Waals surface area contributed by atoms with Crippen molar-refractivity contribution in [2.24, 2.45) is 0 Å². The molecule has 0 aromatic heterocycles. The highest BCUT2D eigenvalue weighted by molar-refractivity contribution is 9.10. The Morgan fingerprint density at radius 1 is 1.17 bits per heavy atom. The second-order valence-corrected chi connectivity index (χ2v) is 8.01. The minimum Gasteiger partial charge on any atom is -0.323 e. The number of carbonyl (C=O) groups excluding carboxylic acids is 2. The van der Waals surface area contributed by atoms with Crippen molar-refractivity contribution < 1.29 is 9.59 Å². The van der Waals surface area contributed by atoms with Gasteiger partial charge in [0.15, 0.2) is 0 Å². The van der Waals surface area contributed by atoms with Crippen LogP contribution in [0.1, 0.15) is 12.5 Å². The van der Waals surface area contributed by atoms with Crippen molar-refractivity contribution in [3.05, 3.63) is 58.6 Å². The number of hydrogen-bond acceptors (Lipinski definition) is 3. The highest BCUT2D eigenvalue weighted by atomic mass is 79.9. The normalized spacial score (nSPS) is 25.8. The van der Waals surface area contributed by atoms with E-state index in [0.29, 0.717) is 5.69 Å². The van der Waals surface area contributed by atoms with Gasteiger partial charge in [-0.25, -0.2) is 0 Å². The van der Waals surface area contributed by atoms with Crippen LogP contribution < -0.4 is 10.2 Å². The number of carbonyl (C=O) groups is 2. The Bertz CT molecular complexity index is 841. The van der Waals surface area contributed by atoms with E-state index in [1.807, 2.05) is 55.5 Å². The van der Waals surface area contributed by atoms with E-state index < -0.39 is 4.87 Å². The fraction of sp³-hybridized carbons (Fsp3) is 0.176. The summed E-state index contributed by atoms with van der Waals surface area (Å²) >= 11 is 4.84. The third kappa shape index (κ3) is 1.98. The minimum atomic E-state index is -1.03. The largest absolute Gasteiger partial charge is 0.323 e. The predicted molar refractivity (Wildman–Crippen MR) is 95.4 cm³/mol. The zero-order valence-corrected chi connectivity index (χ0v) is 14.6. The molecule has 6 heteroatoms. The van der Waals surface area contributed by atoms with Crippen LogP contribution in [0.25, 0.3) is 0 Å². The third-order valence-electron chi connectivity index (χ3n) is 4.14. The van der Waals surface area contributed by atoms with Crippen molar-refractivity contribution in [2.45, 2.75) is 17.0 Å². The fourth-order valence-corrected chi connectivity index (χ4v) is 5.05. The maximum absolute atomic E-state index is 12.9. The zero-order valence-electron chi connectivity index (χ0n) is 12.2. The molecule has 2 heterocycles. The Labute approximate surface area is 146 Å². The molecule has 1 spiro atoms. The smallest absolute Gasteiger partial charge is 0.266 e. The molecule has 2 atom stereocenters. The SMILES string of the molecule is C[C@H]1S[C@@]2(C(=O)Nc3ccccc32)N(c2cccc(Br)c2)C1=O. The number of thioether (sulfide) groups is 1. The van der Waals surface area contributed by atoms with Crippen molar-refractivity contribution in [2.75, 3.05) is 10.2 Å². The van der Waals surface area contributed by atoms with Crippen molar-refractivity contribution in [3.63, 3.8) is 0 Å². The van der Waals surface area contributed by atoms with Crippen LogP contribution in [-0.4, -0.2) is 17.1 Å². The minimum absolute atomic E-state index is 0.0556. The van der Waals surface area contributed by atoms with E-state index in [4.69, 9.17) is 0 Å². The molecule has 1 saturated heterocycles. The number of hydrogen-bond donors (Lipinski definition) is 1. The van der Waals surface area contributed by atoms with E-state index >= 15 is 0 Å². The number of halogens is 1. The van der Waals surface area contributed by atoms with Gasteiger partial charge in [-0.2, -0.15) is 0 Å². The maximum atomic E-state index is 12.9. The first-order chi connectivity index (χ1) is 11.0. The van der Waals surface area contributed by atoms with Gasteiger partial charge in [-0.05, 0) is 31.2 Å². The van der Waals surface area contributed by atoms with Gasteiger partial charge in [0.25, 0.3) is 5.91 Å². The molecule has 23 heavy (non-hydrogen) atoms. The van der Waals surface area contributed by atoms with Crippen molar-refractivity contribution in [1.29, 1.82) is 0 Å². The van der Waals surface area contributed by atoms with Crippen LogP contribution in [0.3, 0.4) is 0 Å². The first kappa shape index (κ1) is 14.8. The van der Waals surface area contributed by atoms with Crippen molar-refractivity contribution in [3.8, 4) is 0 Å². The highest BCUT2D eigenvalue weighted by Crippen LogP contribution is 2.56. The summed E-state index contributed by atoms with van der Waals surface area (Å²) in [4.78, 5) is 26.3. The van der Waals surface area contributed by atoms with Crippen LogP contribution >= 0.6 is 27.7 Å². The maximum Gasteiger partial charge on any atom is 0.266 e. The number of nitrogens with one attached hydrogen (secondary N) is 1. The van der Waals surface area contributed by atoms with Gasteiger partial charge in [0.05, 0.1) is 5.25 Å². The standard InChI is InChI=1S/C17H13BrN2O2S/c1-10-15(21)20(12-6-4-5-11(18)9-12)17(23-10)13-7-2-3-8-14(13)19-16(17)22/h2-10H,1H3,(H,19,22)/t10-,17+/m1/s1. The molecule has 0 radical (unpaired) electrons. The first-order valence-corrected chi connectivity index (χ1v) is 8.90. The van der Waals surface area contributed by atoms with Crippen LogP contribution in [0, 0.1) is 0 Å². The average molecular weight is 389 g/mol. The molecule has 2 aromatic carbocycles. The fourth-order valence-electron chi connectivity index (χ4n) is 3.18. The molecule has 0 aliphatic carbocycles. The summed E-state index contributed by atoms with van der Waals surface area (Å²) in [6, 6.07) is 15.1. The summed E-state index contributed by atoms with van der Waals surface area (Å²) in [6.45, 7) is 1.85. The van der Waals surface area contributed by atoms with Gasteiger partial charge in [-0.15, -0.1) is 11.8 Å². The van der Waals surface area contributed by atoms with Gasteiger partial charge < -0.3 is 5.32 Å². The molecule has 0 bridgehead atoms. The summed E-state index contributed by atoms with van der Waals surface area (Å²) in [5, 5.41) is 2.63. The van der Waals surface area contributed by atoms with Gasteiger partial charge in [0.2, 0.25) is 10.8 Å². The molecular weight excluding hydrogens is 376 g/mol. The van der Waals surface area contributed by atoms with E-state index in [0.717, 1.165) is 15.7 Å². The van der Waals surface area contributed by atoms with Gasteiger partial charge in [-0.1, -0.05) is 40.2 Å². The zero-order chi connectivity index (χ0) is 16.2. The van der Waals surface area contributed by atoms with E-state index in [2.05, 4.69) is 21.2 Å². The lowest BCUT2D eigenvalue weighted by Gasteiger charge is -2.32. The molecule has 2 aliphatic heterocycles. The molecule has 1 fully saturated rings. The number of benzene rings is 2. The number of rotatable bonds is 1. The van der Waals surface area contributed by atoms with Crippen molar-refractivity contribution >= 4 is 50.9 Å². The number of anilines is 2. The van der Waals surface area contributed by atoms with Crippen LogP contribution in [-0.2, 0) is 14.5 Å². The van der Waals surface area contributed by atoms with Crippen LogP contribution in [0.4, 0.5) is 11.4 Å². The van der Waals surface area contributed by atoms with E-state index in [1.165, 1.54) is 11.8 Å². The molecular formula is C17H13BrN2O2S. The van der Waals surface area contributed by atoms with Gasteiger partial charge >= 0.3 is 0 Å². The Morgan fingerprint density at radius 3 is 2.74 bits per heavy atom. The van der Waals surface area contributed by atoms with Gasteiger partial charge in [0.1, 0.15) is 0 Å². The molecule has 0 saturated carbocycles. The summed E-state index contributed by atoms with van der Waals surface area (Å²) < 4.78 is 0.870. The van der Waals surface area contributed by atoms with Gasteiger partial charge in [-0.3, -0.25) is 14.5 Å². The molecule has 4 nitrogen and oxygen atoms in total. The van der Waals surface area contributed by atoms with Gasteiger partial charge in [0, 0.05) is 21.4 Å². The van der Waals surface area contributed by atoms with Crippen molar-refractivity contribution in [1.82, 2.24) is 0 Å². The second kappa shape index (κ2) is 5.11. The van der Waals surface area contributed by atoms with E-state index in [9.17, 15) is 9.59 Å². The summed E-state index contributed by atoms with van der Waals surface area (Å²) in [6.07, 6.45) is 0. The monoisotopic (exact) mass is 388 g/mol. The number of nitrogens with zero attached hydrogens (tertiary/aromatic N) is 1. The summed E-state index contributed by atoms with van der Waals surface area (Å²) in [5.74, 6) is -0.221. The lowest BCUT2D eigenvalue weighted by molar-refractivity contribution is -0.122. The Kier molecular flexibility index (Phi) is 3.28. The lowest BCUT2D eigenvalue weighted by atomic mass is 10.0. The number of fused-ring (bicyclic) bond motifs is 2. The summed E-state index contributed by atoms with van der Waals surface area (Å²) in [7, 11) is 0. The van der Waals surface area contributed by atoms with Crippen LogP contribution in [0.5, 0.6) is 0 Å². The first-order valence-electron chi connectivity index (χ1n) is 7.22. The van der Waals surface area contributed by atoms with Crippen LogP contribution in [0.2, 0.25) is 0 Å². The lowest BCUT2D eigenvalue weighted by Crippen LogP contribution is -2.47.